The number of aromatic amines is 1. The Morgan fingerprint density at radius 2 is 1.87 bits per heavy atom. The maximum absolute atomic E-state index is 13.8. The molecule has 4 rings (SSSR count). The average Bonchev–Trinajstić information content (AvgIpc) is 2.73. The lowest BCUT2D eigenvalue weighted by molar-refractivity contribution is -0.123. The van der Waals surface area contributed by atoms with Gasteiger partial charge < -0.3 is 15.6 Å². The number of aromatic nitrogens is 2. The smallest absolute Gasteiger partial charge is 0.257 e. The summed E-state index contributed by atoms with van der Waals surface area (Å²) in [4.78, 5) is 44.5. The second-order valence-corrected chi connectivity index (χ2v) is 7.64. The molecule has 3 N–H and O–H groups in total. The molecule has 2 aromatic carbocycles. The largest absolute Gasteiger partial charge is 0.326 e. The molecule has 0 saturated carbocycles. The monoisotopic (exact) mass is 424 g/mol. The number of hydrogen-bond acceptors (Lipinski definition) is 5. The molecule has 0 saturated heterocycles. The molecule has 1 unspecified atom stereocenters. The second-order valence-electron chi connectivity index (χ2n) is 6.67. The molecule has 1 aliphatic rings. The van der Waals surface area contributed by atoms with Gasteiger partial charge in [-0.2, -0.15) is 0 Å². The van der Waals surface area contributed by atoms with Crippen molar-refractivity contribution in [3.05, 3.63) is 81.9 Å². The number of thioether (sulfide) groups is 1. The van der Waals surface area contributed by atoms with Crippen LogP contribution in [0.2, 0.25) is 0 Å². The summed E-state index contributed by atoms with van der Waals surface area (Å²) >= 11 is 1.13. The predicted molar refractivity (Wildman–Crippen MR) is 112 cm³/mol. The first-order valence-electron chi connectivity index (χ1n) is 9.17. The van der Waals surface area contributed by atoms with Crippen LogP contribution in [0.5, 0.6) is 0 Å². The Bertz CT molecular complexity index is 1170. The van der Waals surface area contributed by atoms with Crippen LogP contribution in [0.15, 0.2) is 64.5 Å². The number of rotatable bonds is 5. The number of carbonyl (C=O) groups is 2. The van der Waals surface area contributed by atoms with Crippen LogP contribution in [0.3, 0.4) is 0 Å². The summed E-state index contributed by atoms with van der Waals surface area (Å²) in [6.45, 7) is 0. The zero-order chi connectivity index (χ0) is 21.1. The maximum Gasteiger partial charge on any atom is 0.257 e. The number of benzene rings is 2. The number of fused-ring (bicyclic) bond motifs is 1. The standard InChI is InChI=1S/C21H17FN4O3S/c22-15-9-5-4-6-12(15)11-30-21-25-18-17(20(29)26-21)14(10-16(27)24-18)19(28)23-13-7-2-1-3-8-13/h1-9,14H,10-11H2,(H,23,28)(H2,24,25,26,27,29). The molecule has 3 aromatic rings. The Kier molecular flexibility index (Phi) is 5.62. The van der Waals surface area contributed by atoms with Gasteiger partial charge in [-0.05, 0) is 23.8 Å². The Morgan fingerprint density at radius 1 is 1.13 bits per heavy atom. The van der Waals surface area contributed by atoms with Gasteiger partial charge in [-0.15, -0.1) is 0 Å². The van der Waals surface area contributed by atoms with E-state index in [0.29, 0.717) is 11.3 Å². The summed E-state index contributed by atoms with van der Waals surface area (Å²) in [7, 11) is 0. The van der Waals surface area contributed by atoms with Crippen LogP contribution in [0, 0.1) is 5.82 Å². The number of nitrogens with zero attached hydrogens (tertiary/aromatic N) is 1. The molecule has 9 heteroatoms. The normalized spacial score (nSPS) is 15.2. The Hall–Kier alpha value is -3.46. The van der Waals surface area contributed by atoms with Gasteiger partial charge in [0.05, 0.1) is 11.5 Å². The molecular formula is C21H17FN4O3S. The zero-order valence-electron chi connectivity index (χ0n) is 15.6. The van der Waals surface area contributed by atoms with Gasteiger partial charge in [-0.25, -0.2) is 9.37 Å². The van der Waals surface area contributed by atoms with E-state index in [1.54, 1.807) is 42.5 Å². The van der Waals surface area contributed by atoms with Gasteiger partial charge in [0.1, 0.15) is 11.6 Å². The van der Waals surface area contributed by atoms with E-state index in [2.05, 4.69) is 20.6 Å². The lowest BCUT2D eigenvalue weighted by Gasteiger charge is -2.23. The van der Waals surface area contributed by atoms with Crippen molar-refractivity contribution in [3.63, 3.8) is 0 Å². The number of nitrogens with one attached hydrogen (secondary N) is 3. The molecule has 30 heavy (non-hydrogen) atoms. The van der Waals surface area contributed by atoms with Crippen molar-refractivity contribution in [3.8, 4) is 0 Å². The zero-order valence-corrected chi connectivity index (χ0v) is 16.5. The topological polar surface area (TPSA) is 104 Å². The van der Waals surface area contributed by atoms with Crippen LogP contribution in [0.4, 0.5) is 15.9 Å². The van der Waals surface area contributed by atoms with Crippen molar-refractivity contribution < 1.29 is 14.0 Å². The molecule has 0 fully saturated rings. The summed E-state index contributed by atoms with van der Waals surface area (Å²) in [6, 6.07) is 15.1. The summed E-state index contributed by atoms with van der Waals surface area (Å²) in [5, 5.41) is 5.51. The van der Waals surface area contributed by atoms with Gasteiger partial charge in [-0.1, -0.05) is 48.2 Å². The number of hydrogen-bond donors (Lipinski definition) is 3. The third-order valence-electron chi connectivity index (χ3n) is 4.61. The lowest BCUT2D eigenvalue weighted by Crippen LogP contribution is -2.36. The summed E-state index contributed by atoms with van der Waals surface area (Å²) in [5.41, 5.74) is 0.631. The van der Waals surface area contributed by atoms with E-state index in [1.165, 1.54) is 6.07 Å². The van der Waals surface area contributed by atoms with Crippen LogP contribution in [-0.4, -0.2) is 21.8 Å². The van der Waals surface area contributed by atoms with Gasteiger partial charge in [-0.3, -0.25) is 14.4 Å². The van der Waals surface area contributed by atoms with Crippen LogP contribution >= 0.6 is 11.8 Å². The predicted octanol–water partition coefficient (Wildman–Crippen LogP) is 3.27. The highest BCUT2D eigenvalue weighted by atomic mass is 32.2. The molecule has 152 valence electrons. The summed E-state index contributed by atoms with van der Waals surface area (Å²) in [5.74, 6) is -1.87. The molecule has 7 nitrogen and oxygen atoms in total. The molecule has 1 aliphatic heterocycles. The fourth-order valence-electron chi connectivity index (χ4n) is 3.16. The summed E-state index contributed by atoms with van der Waals surface area (Å²) in [6.07, 6.45) is -0.155. The van der Waals surface area contributed by atoms with Gasteiger partial charge in [0.15, 0.2) is 5.16 Å². The van der Waals surface area contributed by atoms with Crippen molar-refractivity contribution in [2.75, 3.05) is 10.6 Å². The molecular weight excluding hydrogens is 407 g/mol. The van der Waals surface area contributed by atoms with E-state index in [-0.39, 0.29) is 34.5 Å². The molecule has 1 aromatic heterocycles. The Balaban J connectivity index is 1.59. The molecule has 0 bridgehead atoms. The SMILES string of the molecule is O=C1CC(C(=O)Nc2ccccc2)c2c(nc(SCc3ccccc3F)[nH]c2=O)N1. The lowest BCUT2D eigenvalue weighted by atomic mass is 9.92. The number of para-hydroxylation sites is 1. The molecule has 0 aliphatic carbocycles. The number of anilines is 2. The van der Waals surface area contributed by atoms with Gasteiger partial charge in [0, 0.05) is 17.9 Å². The molecule has 0 radical (unpaired) electrons. The minimum absolute atomic E-state index is 0.0549. The number of H-pyrrole nitrogens is 1. The third-order valence-corrected chi connectivity index (χ3v) is 5.53. The van der Waals surface area contributed by atoms with E-state index < -0.39 is 23.3 Å². The van der Waals surface area contributed by atoms with Crippen LogP contribution in [-0.2, 0) is 15.3 Å². The fourth-order valence-corrected chi connectivity index (χ4v) is 4.00. The van der Waals surface area contributed by atoms with Gasteiger partial charge in [0.25, 0.3) is 5.56 Å². The van der Waals surface area contributed by atoms with Gasteiger partial charge >= 0.3 is 0 Å². The maximum atomic E-state index is 13.8. The van der Waals surface area contributed by atoms with Crippen molar-refractivity contribution >= 4 is 35.1 Å². The quantitative estimate of drug-likeness (QED) is 0.431. The van der Waals surface area contributed by atoms with Crippen molar-refractivity contribution in [1.82, 2.24) is 9.97 Å². The van der Waals surface area contributed by atoms with Crippen molar-refractivity contribution in [2.45, 2.75) is 23.2 Å². The van der Waals surface area contributed by atoms with Crippen molar-refractivity contribution in [2.24, 2.45) is 0 Å². The first-order valence-corrected chi connectivity index (χ1v) is 10.2. The van der Waals surface area contributed by atoms with E-state index in [0.717, 1.165) is 11.8 Å². The fraction of sp³-hybridized carbons (Fsp3) is 0.143. The number of amides is 2. The first-order chi connectivity index (χ1) is 14.5. The number of carbonyl (C=O) groups excluding carboxylic acids is 2. The highest BCUT2D eigenvalue weighted by Gasteiger charge is 2.34. The molecule has 0 spiro atoms. The highest BCUT2D eigenvalue weighted by molar-refractivity contribution is 7.98. The molecule has 2 amide bonds. The van der Waals surface area contributed by atoms with Crippen LogP contribution in [0.1, 0.15) is 23.5 Å². The second kappa shape index (κ2) is 8.50. The van der Waals surface area contributed by atoms with E-state index in [9.17, 15) is 18.8 Å². The van der Waals surface area contributed by atoms with Crippen LogP contribution in [0.25, 0.3) is 0 Å². The summed E-state index contributed by atoms with van der Waals surface area (Å²) < 4.78 is 13.8. The molecule has 1 atom stereocenters. The van der Waals surface area contributed by atoms with Crippen LogP contribution < -0.4 is 16.2 Å². The Morgan fingerprint density at radius 3 is 2.63 bits per heavy atom. The molecule has 2 heterocycles. The minimum atomic E-state index is -0.962. The van der Waals surface area contributed by atoms with E-state index >= 15 is 0 Å². The Labute approximate surface area is 175 Å². The van der Waals surface area contributed by atoms with E-state index in [4.69, 9.17) is 0 Å². The highest BCUT2D eigenvalue weighted by Crippen LogP contribution is 2.31. The third kappa shape index (κ3) is 4.25. The average molecular weight is 424 g/mol. The van der Waals surface area contributed by atoms with Crippen molar-refractivity contribution in [1.29, 1.82) is 0 Å². The van der Waals surface area contributed by atoms with Gasteiger partial charge in [0.2, 0.25) is 11.8 Å². The first kappa shape index (κ1) is 19.8. The number of halogens is 1. The van der Waals surface area contributed by atoms with E-state index in [1.807, 2.05) is 6.07 Å². The minimum Gasteiger partial charge on any atom is -0.326 e.